The Morgan fingerprint density at radius 2 is 2.28 bits per heavy atom. The van der Waals surface area contributed by atoms with Gasteiger partial charge in [-0.15, -0.1) is 0 Å². The summed E-state index contributed by atoms with van der Waals surface area (Å²) < 4.78 is 0. The van der Waals surface area contributed by atoms with E-state index in [2.05, 4.69) is 28.3 Å². The van der Waals surface area contributed by atoms with Gasteiger partial charge >= 0.3 is 0 Å². The minimum Gasteiger partial charge on any atom is -0.309 e. The van der Waals surface area contributed by atoms with E-state index in [1.54, 1.807) is 0 Å². The average molecular weight is 245 g/mol. The third-order valence-corrected chi connectivity index (χ3v) is 4.76. The Balaban J connectivity index is 1.84. The Labute approximate surface area is 109 Å². The molecule has 2 saturated carbocycles. The zero-order chi connectivity index (χ0) is 12.5. The van der Waals surface area contributed by atoms with E-state index in [0.717, 1.165) is 30.1 Å². The zero-order valence-electron chi connectivity index (χ0n) is 11.4. The second kappa shape index (κ2) is 4.96. The van der Waals surface area contributed by atoms with Crippen LogP contribution >= 0.6 is 0 Å². The van der Waals surface area contributed by atoms with Crippen LogP contribution in [0.25, 0.3) is 0 Å². The van der Waals surface area contributed by atoms with Gasteiger partial charge in [0.05, 0.1) is 11.7 Å². The first-order chi connectivity index (χ1) is 8.78. The van der Waals surface area contributed by atoms with E-state index in [9.17, 15) is 0 Å². The van der Waals surface area contributed by atoms with Crippen LogP contribution in [0.1, 0.15) is 50.2 Å². The smallest absolute Gasteiger partial charge is 0.125 e. The van der Waals surface area contributed by atoms with Gasteiger partial charge in [0.15, 0.2) is 0 Å². The SMILES string of the molecule is CCNC(c1ccnc(C)n1)C1CC2CCC1C2. The van der Waals surface area contributed by atoms with Gasteiger partial charge in [0.2, 0.25) is 0 Å². The van der Waals surface area contributed by atoms with Crippen LogP contribution in [0.5, 0.6) is 0 Å². The van der Waals surface area contributed by atoms with Gasteiger partial charge in [0.1, 0.15) is 5.82 Å². The summed E-state index contributed by atoms with van der Waals surface area (Å²) in [5, 5.41) is 3.66. The molecule has 0 aliphatic heterocycles. The van der Waals surface area contributed by atoms with Crippen molar-refractivity contribution < 1.29 is 0 Å². The van der Waals surface area contributed by atoms with Gasteiger partial charge in [-0.3, -0.25) is 0 Å². The van der Waals surface area contributed by atoms with Crippen LogP contribution in [0.15, 0.2) is 12.3 Å². The second-order valence-corrected chi connectivity index (χ2v) is 5.90. The normalized spacial score (nSPS) is 31.8. The molecule has 0 amide bonds. The Morgan fingerprint density at radius 3 is 2.89 bits per heavy atom. The number of nitrogens with one attached hydrogen (secondary N) is 1. The van der Waals surface area contributed by atoms with Crippen molar-refractivity contribution in [3.05, 3.63) is 23.8 Å². The van der Waals surface area contributed by atoms with E-state index >= 15 is 0 Å². The molecule has 0 spiro atoms. The first kappa shape index (κ1) is 12.1. The molecule has 1 aromatic rings. The number of nitrogens with zero attached hydrogens (tertiary/aromatic N) is 2. The predicted molar refractivity (Wildman–Crippen MR) is 72.1 cm³/mol. The highest BCUT2D eigenvalue weighted by Crippen LogP contribution is 2.52. The molecule has 4 atom stereocenters. The van der Waals surface area contributed by atoms with Crippen LogP contribution in [0.3, 0.4) is 0 Å². The number of aryl methyl sites for hydroxylation is 1. The average Bonchev–Trinajstić information content (AvgIpc) is 2.98. The molecule has 18 heavy (non-hydrogen) atoms. The summed E-state index contributed by atoms with van der Waals surface area (Å²) in [5.41, 5.74) is 1.20. The highest BCUT2D eigenvalue weighted by molar-refractivity contribution is 5.11. The van der Waals surface area contributed by atoms with Crippen LogP contribution in [-0.4, -0.2) is 16.5 Å². The molecule has 0 radical (unpaired) electrons. The topological polar surface area (TPSA) is 37.8 Å². The first-order valence-corrected chi connectivity index (χ1v) is 7.31. The van der Waals surface area contributed by atoms with E-state index in [4.69, 9.17) is 0 Å². The maximum Gasteiger partial charge on any atom is 0.125 e. The molecule has 2 aliphatic carbocycles. The van der Waals surface area contributed by atoms with E-state index in [-0.39, 0.29) is 0 Å². The van der Waals surface area contributed by atoms with Crippen LogP contribution in [0.2, 0.25) is 0 Å². The third kappa shape index (κ3) is 2.16. The molecular weight excluding hydrogens is 222 g/mol. The minimum atomic E-state index is 0.437. The Kier molecular flexibility index (Phi) is 3.33. The van der Waals surface area contributed by atoms with Gasteiger partial charge in [-0.1, -0.05) is 13.3 Å². The van der Waals surface area contributed by atoms with Gasteiger partial charge < -0.3 is 5.32 Å². The predicted octanol–water partition coefficient (Wildman–Crippen LogP) is 2.87. The van der Waals surface area contributed by atoms with E-state index in [1.807, 2.05) is 13.1 Å². The number of aromatic nitrogens is 2. The first-order valence-electron chi connectivity index (χ1n) is 7.31. The maximum atomic E-state index is 4.65. The Bertz CT molecular complexity index is 418. The van der Waals surface area contributed by atoms with Gasteiger partial charge in [0.25, 0.3) is 0 Å². The summed E-state index contributed by atoms with van der Waals surface area (Å²) in [7, 11) is 0. The maximum absolute atomic E-state index is 4.65. The molecular formula is C15H23N3. The van der Waals surface area contributed by atoms with Crippen molar-refractivity contribution in [3.63, 3.8) is 0 Å². The molecule has 2 bridgehead atoms. The Hall–Kier alpha value is -0.960. The van der Waals surface area contributed by atoms with Crippen molar-refractivity contribution in [1.29, 1.82) is 0 Å². The molecule has 3 rings (SSSR count). The quantitative estimate of drug-likeness (QED) is 0.886. The van der Waals surface area contributed by atoms with Crippen LogP contribution in [0, 0.1) is 24.7 Å². The summed E-state index contributed by atoms with van der Waals surface area (Å²) in [4.78, 5) is 8.86. The van der Waals surface area contributed by atoms with Crippen molar-refractivity contribution >= 4 is 0 Å². The van der Waals surface area contributed by atoms with Crippen molar-refractivity contribution in [2.45, 2.75) is 45.6 Å². The highest BCUT2D eigenvalue weighted by Gasteiger charge is 2.43. The van der Waals surface area contributed by atoms with Crippen LogP contribution in [0.4, 0.5) is 0 Å². The van der Waals surface area contributed by atoms with Crippen molar-refractivity contribution in [1.82, 2.24) is 15.3 Å². The molecule has 98 valence electrons. The van der Waals surface area contributed by atoms with Crippen LogP contribution < -0.4 is 5.32 Å². The highest BCUT2D eigenvalue weighted by atomic mass is 15.0. The molecule has 3 nitrogen and oxygen atoms in total. The molecule has 2 aliphatic rings. The molecule has 0 saturated heterocycles. The molecule has 1 aromatic heterocycles. The molecule has 4 unspecified atom stereocenters. The fraction of sp³-hybridized carbons (Fsp3) is 0.733. The fourth-order valence-electron chi connectivity index (χ4n) is 4.05. The lowest BCUT2D eigenvalue weighted by Crippen LogP contribution is -2.32. The molecule has 3 heteroatoms. The van der Waals surface area contributed by atoms with Crippen molar-refractivity contribution in [2.75, 3.05) is 6.54 Å². The van der Waals surface area contributed by atoms with Gasteiger partial charge in [-0.25, -0.2) is 9.97 Å². The summed E-state index contributed by atoms with van der Waals surface area (Å²) in [5.74, 6) is 3.59. The summed E-state index contributed by atoms with van der Waals surface area (Å²) in [6, 6.07) is 2.53. The second-order valence-electron chi connectivity index (χ2n) is 5.90. The standard InChI is InChI=1S/C15H23N3/c1-3-16-15(14-6-7-17-10(2)18-14)13-9-11-4-5-12(13)8-11/h6-7,11-13,15-16H,3-5,8-9H2,1-2H3. The molecule has 0 aromatic carbocycles. The zero-order valence-corrected chi connectivity index (χ0v) is 11.4. The molecule has 1 heterocycles. The van der Waals surface area contributed by atoms with Crippen molar-refractivity contribution in [2.24, 2.45) is 17.8 Å². The third-order valence-electron chi connectivity index (χ3n) is 4.76. The summed E-state index contributed by atoms with van der Waals surface area (Å²) >= 11 is 0. The molecule has 2 fully saturated rings. The van der Waals surface area contributed by atoms with Gasteiger partial charge in [-0.05, 0) is 56.6 Å². The van der Waals surface area contributed by atoms with E-state index in [0.29, 0.717) is 6.04 Å². The summed E-state index contributed by atoms with van der Waals surface area (Å²) in [6.45, 7) is 5.18. The monoisotopic (exact) mass is 245 g/mol. The largest absolute Gasteiger partial charge is 0.309 e. The Morgan fingerprint density at radius 1 is 1.39 bits per heavy atom. The molecule has 1 N–H and O–H groups in total. The summed E-state index contributed by atoms with van der Waals surface area (Å²) in [6.07, 6.45) is 7.64. The lowest BCUT2D eigenvalue weighted by Gasteiger charge is -2.30. The number of fused-ring (bicyclic) bond motifs is 2. The van der Waals surface area contributed by atoms with Gasteiger partial charge in [-0.2, -0.15) is 0 Å². The van der Waals surface area contributed by atoms with E-state index < -0.39 is 0 Å². The van der Waals surface area contributed by atoms with Crippen LogP contribution in [-0.2, 0) is 0 Å². The number of rotatable bonds is 4. The van der Waals surface area contributed by atoms with Gasteiger partial charge in [0, 0.05) is 6.20 Å². The van der Waals surface area contributed by atoms with E-state index in [1.165, 1.54) is 31.4 Å². The lowest BCUT2D eigenvalue weighted by atomic mass is 9.82. The van der Waals surface area contributed by atoms with Crippen molar-refractivity contribution in [3.8, 4) is 0 Å². The lowest BCUT2D eigenvalue weighted by molar-refractivity contribution is 0.249. The number of hydrogen-bond donors (Lipinski definition) is 1. The fourth-order valence-corrected chi connectivity index (χ4v) is 4.05. The number of hydrogen-bond acceptors (Lipinski definition) is 3. The minimum absolute atomic E-state index is 0.437.